The molecule has 0 aromatic heterocycles. The van der Waals surface area contributed by atoms with Crippen LogP contribution in [0.3, 0.4) is 0 Å². The van der Waals surface area contributed by atoms with E-state index in [0.717, 1.165) is 26.1 Å². The second-order valence-corrected chi connectivity index (χ2v) is 4.17. The molecule has 0 unspecified atom stereocenters. The summed E-state index contributed by atoms with van der Waals surface area (Å²) < 4.78 is 0. The number of aliphatic hydroxyl groups is 1. The van der Waals surface area contributed by atoms with Gasteiger partial charge in [-0.1, -0.05) is 32.6 Å². The molecule has 0 aromatic rings. The van der Waals surface area contributed by atoms with Crippen LogP contribution >= 0.6 is 0 Å². The number of amidine groups is 1. The molecule has 1 N–H and O–H groups in total. The van der Waals surface area contributed by atoms with Gasteiger partial charge in [0, 0.05) is 19.5 Å². The van der Waals surface area contributed by atoms with Crippen molar-refractivity contribution in [2.75, 3.05) is 26.2 Å². The number of hydrogen-bond donors (Lipinski definition) is 1. The highest BCUT2D eigenvalue weighted by Crippen LogP contribution is 2.10. The van der Waals surface area contributed by atoms with Crippen LogP contribution in [0.4, 0.5) is 0 Å². The van der Waals surface area contributed by atoms with Gasteiger partial charge < -0.3 is 10.0 Å². The quantitative estimate of drug-likeness (QED) is 0.625. The predicted octanol–water partition coefficient (Wildman–Crippen LogP) is 2.05. The molecule has 0 amide bonds. The largest absolute Gasteiger partial charge is 0.395 e. The van der Waals surface area contributed by atoms with E-state index in [-0.39, 0.29) is 6.61 Å². The number of unbranched alkanes of at least 4 members (excludes halogenated alkanes) is 4. The SMILES string of the molecule is CCCCCCCC1=NCCN1CCO. The van der Waals surface area contributed by atoms with Crippen molar-refractivity contribution in [1.29, 1.82) is 0 Å². The first-order chi connectivity index (χ1) is 7.38. The van der Waals surface area contributed by atoms with Gasteiger partial charge in [0.1, 0.15) is 0 Å². The minimum absolute atomic E-state index is 0.245. The third kappa shape index (κ3) is 4.65. The second-order valence-electron chi connectivity index (χ2n) is 4.17. The van der Waals surface area contributed by atoms with Crippen molar-refractivity contribution in [3.8, 4) is 0 Å². The van der Waals surface area contributed by atoms with Crippen molar-refractivity contribution in [2.45, 2.75) is 45.4 Å². The summed E-state index contributed by atoms with van der Waals surface area (Å²) in [5, 5.41) is 8.89. The minimum atomic E-state index is 0.245. The lowest BCUT2D eigenvalue weighted by atomic mass is 10.1. The third-order valence-electron chi connectivity index (χ3n) is 2.90. The van der Waals surface area contributed by atoms with Crippen LogP contribution < -0.4 is 0 Å². The summed E-state index contributed by atoms with van der Waals surface area (Å²) in [7, 11) is 0. The topological polar surface area (TPSA) is 35.8 Å². The zero-order valence-electron chi connectivity index (χ0n) is 9.91. The Balaban J connectivity index is 2.09. The molecule has 3 nitrogen and oxygen atoms in total. The summed E-state index contributed by atoms with van der Waals surface area (Å²) >= 11 is 0. The average molecular weight is 212 g/mol. The Labute approximate surface area is 93.2 Å². The van der Waals surface area contributed by atoms with Crippen LogP contribution in [0.15, 0.2) is 4.99 Å². The van der Waals surface area contributed by atoms with Crippen molar-refractivity contribution >= 4 is 5.84 Å². The molecular weight excluding hydrogens is 188 g/mol. The molecule has 3 heteroatoms. The summed E-state index contributed by atoms with van der Waals surface area (Å²) in [5.74, 6) is 1.22. The fraction of sp³-hybridized carbons (Fsp3) is 0.917. The Morgan fingerprint density at radius 3 is 2.80 bits per heavy atom. The highest BCUT2D eigenvalue weighted by Gasteiger charge is 2.14. The van der Waals surface area contributed by atoms with Crippen LogP contribution in [-0.2, 0) is 0 Å². The molecule has 0 saturated heterocycles. The van der Waals surface area contributed by atoms with Crippen LogP contribution in [0, 0.1) is 0 Å². The summed E-state index contributed by atoms with van der Waals surface area (Å²) in [6, 6.07) is 0. The lowest BCUT2D eigenvalue weighted by Gasteiger charge is -2.18. The van der Waals surface area contributed by atoms with Crippen molar-refractivity contribution in [2.24, 2.45) is 4.99 Å². The lowest BCUT2D eigenvalue weighted by molar-refractivity contribution is 0.255. The van der Waals surface area contributed by atoms with Crippen molar-refractivity contribution in [1.82, 2.24) is 4.90 Å². The number of rotatable bonds is 8. The average Bonchev–Trinajstić information content (AvgIpc) is 2.66. The molecule has 0 aromatic carbocycles. The van der Waals surface area contributed by atoms with Crippen LogP contribution in [0.5, 0.6) is 0 Å². The van der Waals surface area contributed by atoms with Gasteiger partial charge in [-0.25, -0.2) is 0 Å². The Kier molecular flexibility index (Phi) is 6.41. The summed E-state index contributed by atoms with van der Waals surface area (Å²) in [4.78, 5) is 6.71. The van der Waals surface area contributed by atoms with E-state index in [1.54, 1.807) is 0 Å². The molecule has 0 aliphatic carbocycles. The van der Waals surface area contributed by atoms with Crippen LogP contribution in [0.1, 0.15) is 45.4 Å². The van der Waals surface area contributed by atoms with E-state index in [4.69, 9.17) is 5.11 Å². The smallest absolute Gasteiger partial charge is 0.0991 e. The van der Waals surface area contributed by atoms with Crippen LogP contribution in [-0.4, -0.2) is 42.1 Å². The Bertz CT molecular complexity index is 192. The third-order valence-corrected chi connectivity index (χ3v) is 2.90. The maximum Gasteiger partial charge on any atom is 0.0991 e. The van der Waals surface area contributed by atoms with Crippen LogP contribution in [0.25, 0.3) is 0 Å². The van der Waals surface area contributed by atoms with Crippen molar-refractivity contribution in [3.63, 3.8) is 0 Å². The molecule has 1 aliphatic rings. The molecule has 1 heterocycles. The van der Waals surface area contributed by atoms with E-state index in [0.29, 0.717) is 0 Å². The molecule has 0 fully saturated rings. The second kappa shape index (κ2) is 7.69. The van der Waals surface area contributed by atoms with Gasteiger partial charge in [0.05, 0.1) is 19.0 Å². The van der Waals surface area contributed by atoms with Gasteiger partial charge in [0.2, 0.25) is 0 Å². The van der Waals surface area contributed by atoms with E-state index in [1.165, 1.54) is 37.9 Å². The maximum absolute atomic E-state index is 8.89. The first kappa shape index (κ1) is 12.5. The number of aliphatic imine (C=N–C) groups is 1. The molecule has 1 rings (SSSR count). The van der Waals surface area contributed by atoms with E-state index >= 15 is 0 Å². The van der Waals surface area contributed by atoms with Gasteiger partial charge >= 0.3 is 0 Å². The van der Waals surface area contributed by atoms with E-state index < -0.39 is 0 Å². The predicted molar refractivity (Wildman–Crippen MR) is 64.3 cm³/mol. The van der Waals surface area contributed by atoms with E-state index in [9.17, 15) is 0 Å². The van der Waals surface area contributed by atoms with Crippen molar-refractivity contribution in [3.05, 3.63) is 0 Å². The van der Waals surface area contributed by atoms with E-state index in [2.05, 4.69) is 16.8 Å². The molecule has 0 bridgehead atoms. The zero-order chi connectivity index (χ0) is 10.9. The molecule has 0 radical (unpaired) electrons. The number of β-amino-alcohol motifs (C(OH)–C–C–N with tert-alkyl or cyclic N) is 1. The van der Waals surface area contributed by atoms with Gasteiger partial charge in [-0.05, 0) is 6.42 Å². The summed E-state index contributed by atoms with van der Waals surface area (Å²) in [6.45, 7) is 5.17. The summed E-state index contributed by atoms with van der Waals surface area (Å²) in [5.41, 5.74) is 0. The standard InChI is InChI=1S/C12H24N2O/c1-2-3-4-5-6-7-12-13-8-9-14(12)10-11-15/h15H,2-11H2,1H3. The first-order valence-electron chi connectivity index (χ1n) is 6.27. The van der Waals surface area contributed by atoms with Crippen LogP contribution in [0.2, 0.25) is 0 Å². The zero-order valence-corrected chi connectivity index (χ0v) is 9.91. The molecular formula is C12H24N2O. The first-order valence-corrected chi connectivity index (χ1v) is 6.27. The van der Waals surface area contributed by atoms with Gasteiger partial charge in [0.25, 0.3) is 0 Å². The monoisotopic (exact) mass is 212 g/mol. The maximum atomic E-state index is 8.89. The Morgan fingerprint density at radius 1 is 1.27 bits per heavy atom. The van der Waals surface area contributed by atoms with Crippen molar-refractivity contribution < 1.29 is 5.11 Å². The molecule has 1 aliphatic heterocycles. The van der Waals surface area contributed by atoms with Gasteiger partial charge in [-0.3, -0.25) is 4.99 Å². The minimum Gasteiger partial charge on any atom is -0.395 e. The lowest BCUT2D eigenvalue weighted by Crippen LogP contribution is -2.30. The van der Waals surface area contributed by atoms with E-state index in [1.807, 2.05) is 0 Å². The molecule has 0 saturated carbocycles. The fourth-order valence-corrected chi connectivity index (χ4v) is 2.01. The van der Waals surface area contributed by atoms with Gasteiger partial charge in [-0.2, -0.15) is 0 Å². The van der Waals surface area contributed by atoms with Gasteiger partial charge in [0.15, 0.2) is 0 Å². The van der Waals surface area contributed by atoms with Gasteiger partial charge in [-0.15, -0.1) is 0 Å². The highest BCUT2D eigenvalue weighted by molar-refractivity contribution is 5.83. The molecule has 88 valence electrons. The normalized spacial score (nSPS) is 15.9. The summed E-state index contributed by atoms with van der Waals surface area (Å²) in [6.07, 6.45) is 7.68. The molecule has 0 spiro atoms. The molecule has 15 heavy (non-hydrogen) atoms. The number of aliphatic hydroxyl groups excluding tert-OH is 1. The molecule has 0 atom stereocenters. The number of nitrogens with zero attached hydrogens (tertiary/aromatic N) is 2. The fourth-order valence-electron chi connectivity index (χ4n) is 2.01. The Hall–Kier alpha value is -0.570. The number of hydrogen-bond acceptors (Lipinski definition) is 3. The Morgan fingerprint density at radius 2 is 2.07 bits per heavy atom. The highest BCUT2D eigenvalue weighted by atomic mass is 16.3.